The fourth-order valence-corrected chi connectivity index (χ4v) is 4.51. The van der Waals surface area contributed by atoms with Gasteiger partial charge in [-0.2, -0.15) is 0 Å². The second-order valence-corrected chi connectivity index (χ2v) is 8.70. The highest BCUT2D eigenvalue weighted by Crippen LogP contribution is 2.32. The van der Waals surface area contributed by atoms with Crippen LogP contribution in [0.1, 0.15) is 23.6 Å². The number of hydrogen-bond acceptors (Lipinski definition) is 4. The maximum absolute atomic E-state index is 12.5. The van der Waals surface area contributed by atoms with Gasteiger partial charge >= 0.3 is 0 Å². The van der Waals surface area contributed by atoms with E-state index in [0.717, 1.165) is 17.5 Å². The van der Waals surface area contributed by atoms with Crippen LogP contribution in [0, 0.1) is 0 Å². The third kappa shape index (κ3) is 3.30. The number of benzene rings is 2. The first kappa shape index (κ1) is 16.1. The molecule has 1 atom stereocenters. The van der Waals surface area contributed by atoms with Gasteiger partial charge in [-0.05, 0) is 48.2 Å². The van der Waals surface area contributed by atoms with Gasteiger partial charge in [0.25, 0.3) is 0 Å². The highest BCUT2D eigenvalue weighted by Gasteiger charge is 2.27. The molecular formula is C15H16N2O4S2. The van der Waals surface area contributed by atoms with E-state index in [0.29, 0.717) is 6.42 Å². The van der Waals surface area contributed by atoms with Crippen LogP contribution in [0.5, 0.6) is 0 Å². The van der Waals surface area contributed by atoms with Crippen molar-refractivity contribution >= 4 is 20.0 Å². The molecular weight excluding hydrogens is 336 g/mol. The summed E-state index contributed by atoms with van der Waals surface area (Å²) in [6.45, 7) is 0. The summed E-state index contributed by atoms with van der Waals surface area (Å²) in [4.78, 5) is -0.114. The van der Waals surface area contributed by atoms with Gasteiger partial charge in [0.1, 0.15) is 0 Å². The lowest BCUT2D eigenvalue weighted by Gasteiger charge is -2.14. The molecule has 122 valence electrons. The first-order chi connectivity index (χ1) is 10.8. The maximum Gasteiger partial charge on any atom is 0.241 e. The zero-order chi connectivity index (χ0) is 16.7. The molecule has 0 bridgehead atoms. The van der Waals surface area contributed by atoms with Crippen LogP contribution in [0.4, 0.5) is 0 Å². The van der Waals surface area contributed by atoms with Gasteiger partial charge in [0.05, 0.1) is 9.79 Å². The molecule has 8 heteroatoms. The van der Waals surface area contributed by atoms with Crippen LogP contribution in [0.15, 0.2) is 58.3 Å². The molecule has 3 N–H and O–H groups in total. The Kier molecular flexibility index (Phi) is 4.01. The Morgan fingerprint density at radius 3 is 2.17 bits per heavy atom. The van der Waals surface area contributed by atoms with Gasteiger partial charge in [-0.15, -0.1) is 0 Å². The summed E-state index contributed by atoms with van der Waals surface area (Å²) >= 11 is 0. The molecule has 0 heterocycles. The van der Waals surface area contributed by atoms with Crippen molar-refractivity contribution in [1.82, 2.24) is 4.72 Å². The van der Waals surface area contributed by atoms with Gasteiger partial charge in [0, 0.05) is 6.04 Å². The number of aryl methyl sites for hydroxylation is 1. The largest absolute Gasteiger partial charge is 0.241 e. The molecule has 0 amide bonds. The van der Waals surface area contributed by atoms with Crippen LogP contribution in [-0.2, 0) is 26.5 Å². The van der Waals surface area contributed by atoms with E-state index in [1.54, 1.807) is 0 Å². The predicted molar refractivity (Wildman–Crippen MR) is 85.6 cm³/mol. The molecule has 0 saturated heterocycles. The van der Waals surface area contributed by atoms with Crippen molar-refractivity contribution < 1.29 is 16.8 Å². The van der Waals surface area contributed by atoms with Crippen molar-refractivity contribution in [2.45, 2.75) is 28.7 Å². The highest BCUT2D eigenvalue weighted by atomic mass is 32.2. The third-order valence-corrected chi connectivity index (χ3v) is 6.31. The van der Waals surface area contributed by atoms with Crippen LogP contribution < -0.4 is 9.86 Å². The van der Waals surface area contributed by atoms with Gasteiger partial charge in [-0.3, -0.25) is 0 Å². The fraction of sp³-hybridized carbons (Fsp3) is 0.200. The molecule has 0 aromatic heterocycles. The molecule has 0 fully saturated rings. The van der Waals surface area contributed by atoms with Gasteiger partial charge < -0.3 is 0 Å². The van der Waals surface area contributed by atoms with E-state index in [9.17, 15) is 16.8 Å². The van der Waals surface area contributed by atoms with Gasteiger partial charge in [0.2, 0.25) is 20.0 Å². The van der Waals surface area contributed by atoms with Crippen molar-refractivity contribution in [2.24, 2.45) is 5.14 Å². The molecule has 1 aliphatic carbocycles. The standard InChI is InChI=1S/C15H16N2O4S2/c16-22(18,19)12-6-8-13(9-7-12)23(20,21)17-15-10-5-11-3-1-2-4-14(11)15/h1-4,6-9,15,17H,5,10H2,(H2,16,18,19)/t15-/m1/s1. The summed E-state index contributed by atoms with van der Waals surface area (Å²) in [5, 5.41) is 5.01. The molecule has 0 unspecified atom stereocenters. The molecule has 2 aromatic carbocycles. The zero-order valence-electron chi connectivity index (χ0n) is 12.1. The van der Waals surface area contributed by atoms with E-state index in [-0.39, 0.29) is 15.8 Å². The minimum absolute atomic E-state index is 0.00859. The van der Waals surface area contributed by atoms with Gasteiger partial charge in [-0.25, -0.2) is 26.7 Å². The summed E-state index contributed by atoms with van der Waals surface area (Å²) in [6, 6.07) is 12.3. The average Bonchev–Trinajstić information content (AvgIpc) is 2.89. The summed E-state index contributed by atoms with van der Waals surface area (Å²) in [7, 11) is -7.58. The number of fused-ring (bicyclic) bond motifs is 1. The van der Waals surface area contributed by atoms with Crippen LogP contribution in [-0.4, -0.2) is 16.8 Å². The number of nitrogens with two attached hydrogens (primary N) is 1. The lowest BCUT2D eigenvalue weighted by atomic mass is 10.1. The predicted octanol–water partition coefficient (Wildman–Crippen LogP) is 1.30. The quantitative estimate of drug-likeness (QED) is 0.865. The lowest BCUT2D eigenvalue weighted by Crippen LogP contribution is -2.27. The number of sulfonamides is 2. The SMILES string of the molecule is NS(=O)(=O)c1ccc(S(=O)(=O)N[C@@H]2CCc3ccccc32)cc1. The molecule has 0 spiro atoms. The van der Waals surface area contributed by atoms with E-state index in [1.807, 2.05) is 24.3 Å². The van der Waals surface area contributed by atoms with Crippen LogP contribution in [0.2, 0.25) is 0 Å². The molecule has 23 heavy (non-hydrogen) atoms. The minimum Gasteiger partial charge on any atom is -0.225 e. The van der Waals surface area contributed by atoms with Crippen molar-refractivity contribution in [3.63, 3.8) is 0 Å². The molecule has 3 rings (SSSR count). The summed E-state index contributed by atoms with van der Waals surface area (Å²) in [5.74, 6) is 0. The zero-order valence-corrected chi connectivity index (χ0v) is 13.8. The molecule has 6 nitrogen and oxygen atoms in total. The van der Waals surface area contributed by atoms with E-state index in [2.05, 4.69) is 4.72 Å². The molecule has 0 saturated carbocycles. The van der Waals surface area contributed by atoms with E-state index < -0.39 is 20.0 Å². The van der Waals surface area contributed by atoms with Gasteiger partial charge in [-0.1, -0.05) is 24.3 Å². The van der Waals surface area contributed by atoms with E-state index >= 15 is 0 Å². The Balaban J connectivity index is 1.86. The summed E-state index contributed by atoms with van der Waals surface area (Å²) < 4.78 is 50.1. The molecule has 0 aliphatic heterocycles. The minimum atomic E-state index is -3.84. The van der Waals surface area contributed by atoms with Crippen molar-refractivity contribution in [3.8, 4) is 0 Å². The first-order valence-electron chi connectivity index (χ1n) is 7.00. The topological polar surface area (TPSA) is 106 Å². The van der Waals surface area contributed by atoms with Crippen molar-refractivity contribution in [1.29, 1.82) is 0 Å². The van der Waals surface area contributed by atoms with Crippen molar-refractivity contribution in [3.05, 3.63) is 59.7 Å². The summed E-state index contributed by atoms with van der Waals surface area (Å²) in [6.07, 6.45) is 1.53. The normalized spacial score (nSPS) is 17.9. The van der Waals surface area contributed by atoms with E-state index in [4.69, 9.17) is 5.14 Å². The molecule has 0 radical (unpaired) electrons. The second-order valence-electron chi connectivity index (χ2n) is 5.43. The molecule has 1 aliphatic rings. The molecule has 2 aromatic rings. The maximum atomic E-state index is 12.5. The number of primary sulfonamides is 1. The number of hydrogen-bond donors (Lipinski definition) is 2. The van der Waals surface area contributed by atoms with Gasteiger partial charge in [0.15, 0.2) is 0 Å². The van der Waals surface area contributed by atoms with Crippen LogP contribution in [0.25, 0.3) is 0 Å². The second kappa shape index (κ2) is 5.72. The van der Waals surface area contributed by atoms with Crippen molar-refractivity contribution in [2.75, 3.05) is 0 Å². The van der Waals surface area contributed by atoms with Crippen LogP contribution in [0.3, 0.4) is 0 Å². The Hall–Kier alpha value is -1.74. The number of nitrogens with one attached hydrogen (secondary N) is 1. The number of rotatable bonds is 4. The van der Waals surface area contributed by atoms with E-state index in [1.165, 1.54) is 24.3 Å². The third-order valence-electron chi connectivity index (χ3n) is 3.89. The average molecular weight is 352 g/mol. The first-order valence-corrected chi connectivity index (χ1v) is 10.0. The summed E-state index contributed by atoms with van der Waals surface area (Å²) in [5.41, 5.74) is 2.13. The smallest absolute Gasteiger partial charge is 0.225 e. The lowest BCUT2D eigenvalue weighted by molar-refractivity contribution is 0.554. The Morgan fingerprint density at radius 2 is 1.52 bits per heavy atom. The Labute approximate surface area is 135 Å². The highest BCUT2D eigenvalue weighted by molar-refractivity contribution is 7.89. The van der Waals surface area contributed by atoms with Crippen LogP contribution >= 0.6 is 0 Å². The Morgan fingerprint density at radius 1 is 0.913 bits per heavy atom. The fourth-order valence-electron chi connectivity index (χ4n) is 2.74. The Bertz CT molecular complexity index is 936. The monoisotopic (exact) mass is 352 g/mol.